The molecule has 0 radical (unpaired) electrons. The number of hydrogen-bond donors (Lipinski definition) is 1. The summed E-state index contributed by atoms with van der Waals surface area (Å²) in [5, 5.41) is 0. The molecule has 0 saturated heterocycles. The van der Waals surface area contributed by atoms with Crippen LogP contribution in [-0.2, 0) is 16.4 Å². The number of hydrogen-bond acceptors (Lipinski definition) is 1. The molecule has 0 atom stereocenters. The topological polar surface area (TPSA) is 33.6 Å². The van der Waals surface area contributed by atoms with Gasteiger partial charge in [0.15, 0.2) is 0 Å². The van der Waals surface area contributed by atoms with Crippen LogP contribution in [0.25, 0.3) is 0 Å². The first-order chi connectivity index (χ1) is 7.32. The summed E-state index contributed by atoms with van der Waals surface area (Å²) in [6, 6.07) is 0. The van der Waals surface area contributed by atoms with Crippen molar-refractivity contribution in [2.45, 2.75) is 32.3 Å². The van der Waals surface area contributed by atoms with Crippen LogP contribution in [0.15, 0.2) is 0 Å². The van der Waals surface area contributed by atoms with Gasteiger partial charge in [0.2, 0.25) is 0 Å². The third kappa shape index (κ3) is 2.19. The van der Waals surface area contributed by atoms with Crippen LogP contribution in [0.5, 0.6) is 0 Å². The Balaban J connectivity index is 5.71. The van der Waals surface area contributed by atoms with E-state index in [0.29, 0.717) is 0 Å². The van der Waals surface area contributed by atoms with E-state index in [-0.39, 0.29) is 0 Å². The fourth-order valence-corrected chi connectivity index (χ4v) is 19.6. The van der Waals surface area contributed by atoms with Gasteiger partial charge in [0.05, 0.1) is 0 Å². The normalized spacial score (nSPS) is 15.8. The first kappa shape index (κ1) is 16.4. The summed E-state index contributed by atoms with van der Waals surface area (Å²) in [5.74, 6) is 0. The van der Waals surface area contributed by atoms with Gasteiger partial charge in [-0.1, -0.05) is 0 Å². The molecule has 0 bridgehead atoms. The van der Waals surface area contributed by atoms with Crippen molar-refractivity contribution in [2.75, 3.05) is 40.8 Å². The van der Waals surface area contributed by atoms with Gasteiger partial charge < -0.3 is 0 Å². The van der Waals surface area contributed by atoms with Gasteiger partial charge in [-0.15, -0.1) is 0 Å². The van der Waals surface area contributed by atoms with Crippen molar-refractivity contribution < 1.29 is 16.4 Å². The van der Waals surface area contributed by atoms with E-state index in [9.17, 15) is 3.76 Å². The Hall–Kier alpha value is 0.420. The summed E-state index contributed by atoms with van der Waals surface area (Å²) < 4.78 is 17.3. The van der Waals surface area contributed by atoms with Crippen molar-refractivity contribution >= 4 is 0 Å². The Kier molecular flexibility index (Phi) is 6.00. The summed E-state index contributed by atoms with van der Waals surface area (Å²) in [6.45, 7) is 11.5. The average Bonchev–Trinajstić information content (AvgIpc) is 2.34. The molecule has 0 aromatic rings. The third-order valence-corrected chi connectivity index (χ3v) is 26.8. The molecule has 0 aliphatic rings. The molecule has 0 rings (SSSR count). The zero-order valence-corrected chi connectivity index (χ0v) is 15.3. The van der Waals surface area contributed by atoms with Crippen LogP contribution in [0, 0.1) is 3.76 Å². The van der Waals surface area contributed by atoms with Crippen LogP contribution >= 0.6 is 0 Å². The monoisotopic (exact) mass is 399 g/mol. The first-order valence-corrected chi connectivity index (χ1v) is 14.4. The molecule has 0 spiro atoms. The molecule has 0 saturated carbocycles. The van der Waals surface area contributed by atoms with E-state index < -0.39 is 16.4 Å². The Morgan fingerprint density at radius 3 is 1.12 bits per heavy atom. The van der Waals surface area contributed by atoms with Crippen LogP contribution in [0.2, 0.25) is 4.64 Å². The van der Waals surface area contributed by atoms with Crippen LogP contribution in [0.1, 0.15) is 27.7 Å². The molecular formula is C11H30N4Ta. The first-order valence-electron chi connectivity index (χ1n) is 6.26. The maximum absolute atomic E-state index is 9.33. The van der Waals surface area contributed by atoms with Crippen molar-refractivity contribution in [3.05, 3.63) is 0 Å². The quantitative estimate of drug-likeness (QED) is 0.714. The van der Waals surface area contributed by atoms with Crippen LogP contribution in [0.4, 0.5) is 0 Å². The molecule has 0 aromatic heterocycles. The van der Waals surface area contributed by atoms with Gasteiger partial charge >= 0.3 is 103 Å². The Morgan fingerprint density at radius 1 is 0.750 bits per heavy atom. The minimum atomic E-state index is -3.89. The zero-order valence-electron chi connectivity index (χ0n) is 12.1. The molecule has 0 heterocycles. The molecule has 1 N–H and O–H groups in total. The molecule has 0 aliphatic heterocycles. The molecule has 0 aliphatic carbocycles. The number of nitrogens with one attached hydrogen (secondary N) is 1. The predicted molar refractivity (Wildman–Crippen MR) is 68.1 cm³/mol. The molecule has 99 valence electrons. The fraction of sp³-hybridized carbons (Fsp3) is 1.00. The van der Waals surface area contributed by atoms with Crippen LogP contribution < -0.4 is 0 Å². The number of nitrogens with zero attached hydrogens (tertiary/aromatic N) is 3. The second-order valence-corrected chi connectivity index (χ2v) is 22.3. The van der Waals surface area contributed by atoms with Crippen LogP contribution in [0.3, 0.4) is 0 Å². The van der Waals surface area contributed by atoms with Gasteiger partial charge in [-0.2, -0.15) is 0 Å². The van der Waals surface area contributed by atoms with Crippen LogP contribution in [-0.4, -0.2) is 50.7 Å². The van der Waals surface area contributed by atoms with Gasteiger partial charge in [0, 0.05) is 0 Å². The van der Waals surface area contributed by atoms with Crippen molar-refractivity contribution in [3.8, 4) is 0 Å². The molecule has 0 unspecified atom stereocenters. The van der Waals surface area contributed by atoms with Crippen molar-refractivity contribution in [1.82, 2.24) is 9.91 Å². The van der Waals surface area contributed by atoms with E-state index in [2.05, 4.69) is 58.7 Å². The van der Waals surface area contributed by atoms with E-state index in [0.717, 1.165) is 24.3 Å². The second-order valence-electron chi connectivity index (χ2n) is 4.39. The van der Waals surface area contributed by atoms with Crippen molar-refractivity contribution in [1.29, 1.82) is 3.76 Å². The predicted octanol–water partition coefficient (Wildman–Crippen LogP) is 2.48. The summed E-state index contributed by atoms with van der Waals surface area (Å²) in [7, 11) is 6.38. The fourth-order valence-electron chi connectivity index (χ4n) is 2.40. The summed E-state index contributed by atoms with van der Waals surface area (Å²) in [4.78, 5) is 0. The van der Waals surface area contributed by atoms with E-state index in [1.165, 1.54) is 0 Å². The van der Waals surface area contributed by atoms with Gasteiger partial charge in [0.1, 0.15) is 0 Å². The zero-order chi connectivity index (χ0) is 13.0. The maximum atomic E-state index is 9.33. The van der Waals surface area contributed by atoms with E-state index in [4.69, 9.17) is 0 Å². The molecule has 4 nitrogen and oxygen atoms in total. The second kappa shape index (κ2) is 5.85. The van der Waals surface area contributed by atoms with E-state index >= 15 is 0 Å². The van der Waals surface area contributed by atoms with Crippen molar-refractivity contribution in [2.24, 2.45) is 0 Å². The summed E-state index contributed by atoms with van der Waals surface area (Å²) in [6.07, 6.45) is 0. The molecular weight excluding hydrogens is 369 g/mol. The van der Waals surface area contributed by atoms with E-state index in [1.54, 1.807) is 0 Å². The van der Waals surface area contributed by atoms with E-state index in [1.807, 2.05) is 0 Å². The third-order valence-electron chi connectivity index (χ3n) is 4.11. The summed E-state index contributed by atoms with van der Waals surface area (Å²) in [5.41, 5.74) is 0. The molecule has 5 heteroatoms. The Labute approximate surface area is 103 Å². The molecule has 0 fully saturated rings. The van der Waals surface area contributed by atoms with Crippen molar-refractivity contribution in [3.63, 3.8) is 0 Å². The average molecular weight is 399 g/mol. The SMILES string of the molecule is CC[N](C)[Ta](=[NH])([CH2]C)([N](C)CC)[N](C)CC. The standard InChI is InChI=1S/3C3H8N.C2H5.HN.Ta/c3*1-3-4-2;1-2;;/h3*3H2,1-2H3;1H2,2H3;1H;/q3*-1;;;+3. The molecule has 16 heavy (non-hydrogen) atoms. The molecule has 0 amide bonds. The van der Waals surface area contributed by atoms with Gasteiger partial charge in [-0.25, -0.2) is 0 Å². The number of rotatable bonds is 7. The Morgan fingerprint density at radius 2 is 1.00 bits per heavy atom. The van der Waals surface area contributed by atoms with Gasteiger partial charge in [-0.3, -0.25) is 0 Å². The summed E-state index contributed by atoms with van der Waals surface area (Å²) >= 11 is -3.89. The molecule has 0 aromatic carbocycles. The van der Waals surface area contributed by atoms with Gasteiger partial charge in [-0.05, 0) is 0 Å². The van der Waals surface area contributed by atoms with Gasteiger partial charge in [0.25, 0.3) is 0 Å². The Bertz CT molecular complexity index is 241. The minimum absolute atomic E-state index is 0.958.